The highest BCUT2D eigenvalue weighted by Gasteiger charge is 1.96. The fraction of sp³-hybridized carbons (Fsp3) is 0.0714. The van der Waals surface area contributed by atoms with Crippen molar-refractivity contribution in [1.29, 1.82) is 0 Å². The summed E-state index contributed by atoms with van der Waals surface area (Å²) >= 11 is 0. The largest absolute Gasteiger partial charge is 0.465 e. The van der Waals surface area contributed by atoms with Crippen LogP contribution < -0.4 is 5.32 Å². The van der Waals surface area contributed by atoms with Gasteiger partial charge in [-0.15, -0.1) is 0 Å². The molecule has 2 rings (SSSR count). The first kappa shape index (κ1) is 12.8. The van der Waals surface area contributed by atoms with Crippen molar-refractivity contribution in [3.05, 3.63) is 60.2 Å². The Morgan fingerprint density at radius 2 is 1.53 bits per heavy atom. The van der Waals surface area contributed by atoms with Crippen LogP contribution in [0, 0.1) is 0 Å². The van der Waals surface area contributed by atoms with E-state index in [0.717, 1.165) is 16.9 Å². The average Bonchev–Trinajstić information content (AvgIpc) is 2.45. The number of carboxylic acid groups (broad SMARTS) is 1. The van der Waals surface area contributed by atoms with Gasteiger partial charge in [0.05, 0.1) is 11.4 Å². The molecule has 2 aromatic rings. The lowest BCUT2D eigenvalue weighted by Gasteiger charge is -2.01. The maximum Gasteiger partial charge on any atom is 0.404 e. The zero-order chi connectivity index (χ0) is 13.5. The summed E-state index contributed by atoms with van der Waals surface area (Å²) in [5, 5.41) is 19.0. The lowest BCUT2D eigenvalue weighted by molar-refractivity contribution is 0.194. The Kier molecular flexibility index (Phi) is 4.23. The molecule has 2 N–H and O–H groups in total. The number of azo groups is 1. The standard InChI is InChI=1S/C14H13N3O2/c18-14(19)15-10-11-6-8-13(9-7-11)17-16-12-4-2-1-3-5-12/h1-9,15H,10H2,(H,18,19). The second kappa shape index (κ2) is 6.30. The van der Waals surface area contributed by atoms with E-state index in [1.165, 1.54) is 0 Å². The third-order valence-electron chi connectivity index (χ3n) is 2.42. The quantitative estimate of drug-likeness (QED) is 0.814. The van der Waals surface area contributed by atoms with Gasteiger partial charge in [0, 0.05) is 6.54 Å². The van der Waals surface area contributed by atoms with Crippen molar-refractivity contribution < 1.29 is 9.90 Å². The minimum atomic E-state index is -1.03. The van der Waals surface area contributed by atoms with Crippen LogP contribution in [0.1, 0.15) is 5.56 Å². The van der Waals surface area contributed by atoms with Gasteiger partial charge in [-0.05, 0) is 29.8 Å². The molecule has 0 aromatic heterocycles. The van der Waals surface area contributed by atoms with Crippen LogP contribution in [0.25, 0.3) is 0 Å². The van der Waals surface area contributed by atoms with Crippen LogP contribution in [0.2, 0.25) is 0 Å². The van der Waals surface area contributed by atoms with E-state index in [9.17, 15) is 4.79 Å². The fourth-order valence-electron chi connectivity index (χ4n) is 1.47. The number of rotatable bonds is 4. The monoisotopic (exact) mass is 255 g/mol. The molecule has 0 bridgehead atoms. The van der Waals surface area contributed by atoms with Gasteiger partial charge in [0.15, 0.2) is 0 Å². The molecular formula is C14H13N3O2. The molecular weight excluding hydrogens is 242 g/mol. The number of amides is 1. The van der Waals surface area contributed by atoms with Crippen molar-refractivity contribution in [3.63, 3.8) is 0 Å². The van der Waals surface area contributed by atoms with E-state index in [1.807, 2.05) is 42.5 Å². The summed E-state index contributed by atoms with van der Waals surface area (Å²) in [6.45, 7) is 0.283. The van der Waals surface area contributed by atoms with Crippen LogP contribution in [-0.2, 0) is 6.54 Å². The summed E-state index contributed by atoms with van der Waals surface area (Å²) in [5.74, 6) is 0. The van der Waals surface area contributed by atoms with Crippen molar-refractivity contribution in [3.8, 4) is 0 Å². The highest BCUT2D eigenvalue weighted by atomic mass is 16.4. The van der Waals surface area contributed by atoms with Gasteiger partial charge < -0.3 is 10.4 Å². The summed E-state index contributed by atoms with van der Waals surface area (Å²) < 4.78 is 0. The first-order chi connectivity index (χ1) is 9.24. The van der Waals surface area contributed by atoms with Crippen molar-refractivity contribution >= 4 is 17.5 Å². The molecule has 2 aromatic carbocycles. The molecule has 19 heavy (non-hydrogen) atoms. The summed E-state index contributed by atoms with van der Waals surface area (Å²) in [7, 11) is 0. The van der Waals surface area contributed by atoms with Crippen LogP contribution in [0.15, 0.2) is 64.8 Å². The zero-order valence-corrected chi connectivity index (χ0v) is 10.2. The number of carbonyl (C=O) groups is 1. The summed E-state index contributed by atoms with van der Waals surface area (Å²) in [5.41, 5.74) is 2.39. The second-order valence-electron chi connectivity index (χ2n) is 3.86. The van der Waals surface area contributed by atoms with E-state index in [0.29, 0.717) is 0 Å². The fourth-order valence-corrected chi connectivity index (χ4v) is 1.47. The molecule has 5 nitrogen and oxygen atoms in total. The van der Waals surface area contributed by atoms with Gasteiger partial charge in [-0.3, -0.25) is 0 Å². The van der Waals surface area contributed by atoms with Crippen LogP contribution in [-0.4, -0.2) is 11.2 Å². The van der Waals surface area contributed by atoms with Crippen LogP contribution in [0.4, 0.5) is 16.2 Å². The Labute approximate surface area is 110 Å². The van der Waals surface area contributed by atoms with Crippen LogP contribution >= 0.6 is 0 Å². The van der Waals surface area contributed by atoms with Gasteiger partial charge >= 0.3 is 6.09 Å². The molecule has 1 amide bonds. The van der Waals surface area contributed by atoms with Crippen molar-refractivity contribution in [1.82, 2.24) is 5.32 Å². The SMILES string of the molecule is O=C(O)NCc1ccc(N=Nc2ccccc2)cc1. The van der Waals surface area contributed by atoms with E-state index >= 15 is 0 Å². The van der Waals surface area contributed by atoms with Gasteiger partial charge in [-0.1, -0.05) is 30.3 Å². The Balaban J connectivity index is 1.99. The molecule has 5 heteroatoms. The molecule has 0 aliphatic carbocycles. The van der Waals surface area contributed by atoms with E-state index in [-0.39, 0.29) is 6.54 Å². The predicted octanol–water partition coefficient (Wildman–Crippen LogP) is 3.87. The number of nitrogens with zero attached hydrogens (tertiary/aromatic N) is 2. The third-order valence-corrected chi connectivity index (χ3v) is 2.42. The molecule has 96 valence electrons. The molecule has 0 spiro atoms. The summed E-state index contributed by atoms with van der Waals surface area (Å²) in [6, 6.07) is 16.7. The molecule has 0 atom stereocenters. The number of hydrogen-bond acceptors (Lipinski definition) is 3. The van der Waals surface area contributed by atoms with Gasteiger partial charge in [0.1, 0.15) is 0 Å². The first-order valence-electron chi connectivity index (χ1n) is 5.76. The maximum absolute atomic E-state index is 10.4. The molecule has 0 saturated heterocycles. The van der Waals surface area contributed by atoms with Crippen LogP contribution in [0.5, 0.6) is 0 Å². The average molecular weight is 255 g/mol. The summed E-state index contributed by atoms with van der Waals surface area (Å²) in [4.78, 5) is 10.4. The topological polar surface area (TPSA) is 74.0 Å². The van der Waals surface area contributed by atoms with Crippen LogP contribution in [0.3, 0.4) is 0 Å². The van der Waals surface area contributed by atoms with Crippen molar-refractivity contribution in [2.45, 2.75) is 6.54 Å². The number of benzene rings is 2. The minimum absolute atomic E-state index is 0.283. The third kappa shape index (κ3) is 4.23. The van der Waals surface area contributed by atoms with E-state index in [1.54, 1.807) is 12.1 Å². The number of hydrogen-bond donors (Lipinski definition) is 2. The maximum atomic E-state index is 10.4. The molecule has 0 fully saturated rings. The van der Waals surface area contributed by atoms with Gasteiger partial charge in [-0.2, -0.15) is 10.2 Å². The Morgan fingerprint density at radius 1 is 0.947 bits per heavy atom. The van der Waals surface area contributed by atoms with E-state index in [4.69, 9.17) is 5.11 Å². The van der Waals surface area contributed by atoms with Crippen molar-refractivity contribution in [2.75, 3.05) is 0 Å². The van der Waals surface area contributed by atoms with Gasteiger partial charge in [-0.25, -0.2) is 4.79 Å². The predicted molar refractivity (Wildman–Crippen MR) is 71.9 cm³/mol. The molecule has 0 aliphatic rings. The molecule has 0 radical (unpaired) electrons. The minimum Gasteiger partial charge on any atom is -0.465 e. The Morgan fingerprint density at radius 3 is 2.11 bits per heavy atom. The van der Waals surface area contributed by atoms with Crippen molar-refractivity contribution in [2.24, 2.45) is 10.2 Å². The van der Waals surface area contributed by atoms with E-state index in [2.05, 4.69) is 15.5 Å². The van der Waals surface area contributed by atoms with E-state index < -0.39 is 6.09 Å². The second-order valence-corrected chi connectivity index (χ2v) is 3.86. The molecule has 0 unspecified atom stereocenters. The first-order valence-corrected chi connectivity index (χ1v) is 5.76. The normalized spacial score (nSPS) is 10.5. The highest BCUT2D eigenvalue weighted by molar-refractivity contribution is 5.64. The molecule has 0 saturated carbocycles. The smallest absolute Gasteiger partial charge is 0.404 e. The zero-order valence-electron chi connectivity index (χ0n) is 10.2. The number of nitrogens with one attached hydrogen (secondary N) is 1. The Hall–Kier alpha value is -2.69. The molecule has 0 aliphatic heterocycles. The summed E-state index contributed by atoms with van der Waals surface area (Å²) in [6.07, 6.45) is -1.03. The lowest BCUT2D eigenvalue weighted by atomic mass is 10.2. The molecule has 0 heterocycles. The van der Waals surface area contributed by atoms with Gasteiger partial charge in [0.25, 0.3) is 0 Å². The lowest BCUT2D eigenvalue weighted by Crippen LogP contribution is -2.19. The van der Waals surface area contributed by atoms with Gasteiger partial charge in [0.2, 0.25) is 0 Å². The Bertz CT molecular complexity index is 565. The highest BCUT2D eigenvalue weighted by Crippen LogP contribution is 2.18.